The normalized spacial score (nSPS) is 13.8. The van der Waals surface area contributed by atoms with Crippen LogP contribution >= 0.6 is 11.8 Å². The number of carboxylic acids is 1. The molecule has 3 heterocycles. The fourth-order valence-electron chi connectivity index (χ4n) is 6.42. The van der Waals surface area contributed by atoms with E-state index in [2.05, 4.69) is 40.7 Å². The maximum atomic E-state index is 14.3. The molecule has 1 aliphatic heterocycles. The highest BCUT2D eigenvalue weighted by Crippen LogP contribution is 2.47. The van der Waals surface area contributed by atoms with Crippen LogP contribution in [-0.4, -0.2) is 32.5 Å². The third-order valence-electron chi connectivity index (χ3n) is 8.61. The minimum absolute atomic E-state index is 0.104. The minimum Gasteiger partial charge on any atom is -0.493 e. The molecule has 2 aromatic heterocycles. The molecule has 242 valence electrons. The summed E-state index contributed by atoms with van der Waals surface area (Å²) in [7, 11) is 0. The number of carbonyl (C=O) groups is 1. The molecule has 1 aliphatic rings. The number of hydrogen-bond donors (Lipinski definition) is 1. The van der Waals surface area contributed by atoms with E-state index in [1.165, 1.54) is 21.9 Å². The van der Waals surface area contributed by atoms with Gasteiger partial charge in [0.2, 0.25) is 0 Å². The number of hydrogen-bond acceptors (Lipinski definition) is 5. The molecule has 4 aromatic carbocycles. The Morgan fingerprint density at radius 1 is 0.938 bits per heavy atom. The van der Waals surface area contributed by atoms with E-state index in [0.717, 1.165) is 45.8 Å². The lowest BCUT2D eigenvalue weighted by Gasteiger charge is -2.22. The summed E-state index contributed by atoms with van der Waals surface area (Å²) in [5, 5.41) is 10.9. The summed E-state index contributed by atoms with van der Waals surface area (Å²) in [5.74, 6) is 0.252. The van der Waals surface area contributed by atoms with Crippen molar-refractivity contribution in [2.24, 2.45) is 0 Å². The fraction of sp³-hybridized carbons (Fsp3) is 0.200. The predicted octanol–water partition coefficient (Wildman–Crippen LogP) is 8.76. The van der Waals surface area contributed by atoms with Gasteiger partial charge in [-0.25, -0.2) is 4.39 Å². The summed E-state index contributed by atoms with van der Waals surface area (Å²) in [4.78, 5) is 17.3. The van der Waals surface area contributed by atoms with Crippen LogP contribution in [0, 0.1) is 5.82 Å². The Balaban J connectivity index is 1.20. The molecule has 1 N–H and O–H groups in total. The lowest BCUT2D eigenvalue weighted by molar-refractivity contribution is -0.136. The van der Waals surface area contributed by atoms with E-state index >= 15 is 0 Å². The molecule has 1 atom stereocenters. The molecule has 0 amide bonds. The maximum Gasteiger partial charge on any atom is 0.307 e. The molecule has 6 aromatic rings. The van der Waals surface area contributed by atoms with Crippen LogP contribution in [-0.2, 0) is 37.2 Å². The Labute approximate surface area is 283 Å². The zero-order chi connectivity index (χ0) is 33.0. The molecule has 7 rings (SSSR count). The number of benzene rings is 4. The van der Waals surface area contributed by atoms with Crippen LogP contribution in [0.3, 0.4) is 0 Å². The Kier molecular flexibility index (Phi) is 9.16. The Morgan fingerprint density at radius 2 is 1.77 bits per heavy atom. The summed E-state index contributed by atoms with van der Waals surface area (Å²) in [6.07, 6.45) is 3.23. The van der Waals surface area contributed by atoms with Crippen molar-refractivity contribution in [3.05, 3.63) is 143 Å². The second-order valence-electron chi connectivity index (χ2n) is 12.0. The van der Waals surface area contributed by atoms with Crippen LogP contribution < -0.4 is 9.47 Å². The molecule has 1 unspecified atom stereocenters. The smallest absolute Gasteiger partial charge is 0.307 e. The molecule has 0 spiro atoms. The number of thioether (sulfide) groups is 1. The molecule has 0 bridgehead atoms. The zero-order valence-corrected chi connectivity index (χ0v) is 27.4. The number of aliphatic carboxylic acids is 1. The minimum atomic E-state index is -0.901. The monoisotopic (exact) mass is 658 g/mol. The summed E-state index contributed by atoms with van der Waals surface area (Å²) in [6, 6.07) is 32.4. The standard InChI is InChI=1S/C40H35FN2O4S/c1-26-20-33-37(47-25-32-15-14-30(23-42-32)28-9-3-2-4-10-28)17-16-34-39(33)40(48-26)35(43(34)24-27-8-7-12-31(41)21-27)18-19-46-36-13-6-5-11-29(36)22-38(44)45/h2-17,21,23,26H,18-20,22,24-25H2,1H3,(H,44,45). The summed E-state index contributed by atoms with van der Waals surface area (Å²) >= 11 is 1.85. The van der Waals surface area contributed by atoms with E-state index in [9.17, 15) is 14.3 Å². The van der Waals surface area contributed by atoms with Gasteiger partial charge in [-0.1, -0.05) is 73.7 Å². The number of carboxylic acid groups (broad SMARTS) is 1. The summed E-state index contributed by atoms with van der Waals surface area (Å²) in [5.41, 5.74) is 7.90. The summed E-state index contributed by atoms with van der Waals surface area (Å²) < 4.78 is 29.2. The lowest BCUT2D eigenvalue weighted by Crippen LogP contribution is -2.12. The van der Waals surface area contributed by atoms with Crippen molar-refractivity contribution in [3.8, 4) is 22.6 Å². The fourth-order valence-corrected chi connectivity index (χ4v) is 7.77. The number of aromatic nitrogens is 2. The van der Waals surface area contributed by atoms with Gasteiger partial charge in [0.15, 0.2) is 0 Å². The quantitative estimate of drug-likeness (QED) is 0.142. The van der Waals surface area contributed by atoms with Gasteiger partial charge in [-0.15, -0.1) is 11.8 Å². The van der Waals surface area contributed by atoms with Crippen molar-refractivity contribution in [2.45, 2.75) is 49.5 Å². The number of rotatable bonds is 12. The van der Waals surface area contributed by atoms with Crippen molar-refractivity contribution in [1.82, 2.24) is 9.55 Å². The second-order valence-corrected chi connectivity index (χ2v) is 13.5. The predicted molar refractivity (Wildman–Crippen MR) is 187 cm³/mol. The van der Waals surface area contributed by atoms with Crippen molar-refractivity contribution in [3.63, 3.8) is 0 Å². The molecule has 6 nitrogen and oxygen atoms in total. The van der Waals surface area contributed by atoms with Gasteiger partial charge in [-0.2, -0.15) is 0 Å². The van der Waals surface area contributed by atoms with Gasteiger partial charge < -0.3 is 19.1 Å². The molecule has 8 heteroatoms. The van der Waals surface area contributed by atoms with Crippen LogP contribution in [0.25, 0.3) is 22.0 Å². The average molecular weight is 659 g/mol. The van der Waals surface area contributed by atoms with Gasteiger partial charge in [0, 0.05) is 57.1 Å². The van der Waals surface area contributed by atoms with Gasteiger partial charge in [-0.3, -0.25) is 9.78 Å². The highest BCUT2D eigenvalue weighted by molar-refractivity contribution is 8.00. The number of pyridine rings is 1. The molecule has 0 aliphatic carbocycles. The van der Waals surface area contributed by atoms with E-state index in [1.807, 2.05) is 72.6 Å². The first kappa shape index (κ1) is 31.5. The van der Waals surface area contributed by atoms with Gasteiger partial charge in [0.25, 0.3) is 0 Å². The van der Waals surface area contributed by atoms with E-state index in [-0.39, 0.29) is 12.2 Å². The Bertz CT molecular complexity index is 2080. The van der Waals surface area contributed by atoms with Gasteiger partial charge in [0.1, 0.15) is 23.9 Å². The molecule has 48 heavy (non-hydrogen) atoms. The molecular weight excluding hydrogens is 624 g/mol. The van der Waals surface area contributed by atoms with Crippen LogP contribution in [0.15, 0.2) is 114 Å². The van der Waals surface area contributed by atoms with Crippen molar-refractivity contribution >= 4 is 28.6 Å². The average Bonchev–Trinajstić information content (AvgIpc) is 3.37. The van der Waals surface area contributed by atoms with Crippen molar-refractivity contribution < 1.29 is 23.8 Å². The highest BCUT2D eigenvalue weighted by atomic mass is 32.2. The maximum absolute atomic E-state index is 14.3. The van der Waals surface area contributed by atoms with Crippen molar-refractivity contribution in [1.29, 1.82) is 0 Å². The van der Waals surface area contributed by atoms with Gasteiger partial charge in [0.05, 0.1) is 24.2 Å². The number of halogens is 1. The second kappa shape index (κ2) is 14.0. The largest absolute Gasteiger partial charge is 0.493 e. The van der Waals surface area contributed by atoms with E-state index in [0.29, 0.717) is 42.7 Å². The van der Waals surface area contributed by atoms with Crippen LogP contribution in [0.5, 0.6) is 11.5 Å². The number of nitrogens with zero attached hydrogens (tertiary/aromatic N) is 2. The summed E-state index contributed by atoms with van der Waals surface area (Å²) in [6.45, 7) is 3.45. The Morgan fingerprint density at radius 3 is 2.56 bits per heavy atom. The SMILES string of the molecule is CC1Cc2c(OCc3ccc(-c4ccccc4)cn3)ccc3c2c(c(CCOc2ccccc2CC(=O)O)n3Cc2cccc(F)c2)S1. The third kappa shape index (κ3) is 6.80. The van der Waals surface area contributed by atoms with Crippen LogP contribution in [0.4, 0.5) is 4.39 Å². The molecule has 0 saturated heterocycles. The van der Waals surface area contributed by atoms with Crippen LogP contribution in [0.2, 0.25) is 0 Å². The topological polar surface area (TPSA) is 73.6 Å². The molecule has 0 radical (unpaired) electrons. The number of ether oxygens (including phenoxy) is 2. The van der Waals surface area contributed by atoms with E-state index in [1.54, 1.807) is 18.2 Å². The molecule has 0 saturated carbocycles. The highest BCUT2D eigenvalue weighted by Gasteiger charge is 2.29. The van der Waals surface area contributed by atoms with E-state index < -0.39 is 5.97 Å². The Hall–Kier alpha value is -5.08. The van der Waals surface area contributed by atoms with Gasteiger partial charge >= 0.3 is 5.97 Å². The van der Waals surface area contributed by atoms with Crippen molar-refractivity contribution in [2.75, 3.05) is 6.61 Å². The molecular formula is C40H35FN2O4S. The first-order valence-electron chi connectivity index (χ1n) is 16.1. The van der Waals surface area contributed by atoms with Crippen LogP contribution in [0.1, 0.15) is 35.0 Å². The number of para-hydroxylation sites is 1. The van der Waals surface area contributed by atoms with Gasteiger partial charge in [-0.05, 0) is 53.9 Å². The zero-order valence-electron chi connectivity index (χ0n) is 26.6. The van der Waals surface area contributed by atoms with E-state index in [4.69, 9.17) is 9.47 Å². The third-order valence-corrected chi connectivity index (χ3v) is 9.86. The first-order chi connectivity index (χ1) is 23.4. The lowest BCUT2D eigenvalue weighted by atomic mass is 10.0. The molecule has 0 fully saturated rings. The first-order valence-corrected chi connectivity index (χ1v) is 16.9.